The lowest BCUT2D eigenvalue weighted by Crippen LogP contribution is -2.44. The quantitative estimate of drug-likeness (QED) is 0.344. The number of carbonyl (C=O) groups is 1. The van der Waals surface area contributed by atoms with E-state index in [2.05, 4.69) is 21.9 Å². The van der Waals surface area contributed by atoms with Gasteiger partial charge < -0.3 is 15.5 Å². The molecule has 8 nitrogen and oxygen atoms in total. The van der Waals surface area contributed by atoms with Crippen LogP contribution in [0.15, 0.2) is 63.9 Å². The van der Waals surface area contributed by atoms with E-state index in [1.165, 1.54) is 22.9 Å². The van der Waals surface area contributed by atoms with Crippen molar-refractivity contribution in [2.24, 2.45) is 0 Å². The SMILES string of the molecule is C=C(/C=c1/ccn(-c2ccc(NC(=O)NS(=O)c3ccc(Cl)s3)cc2F)c(=O)/c1=C/CC)NCCN(C)C. The largest absolute Gasteiger partial charge is 0.384 e. The number of allylic oxidation sites excluding steroid dienone is 1. The highest BCUT2D eigenvalue weighted by atomic mass is 35.5. The Bertz CT molecular complexity index is 1530. The number of likely N-dealkylation sites (N-methyl/N-ethyl adjacent to an activating group) is 1. The molecule has 3 N–H and O–H groups in total. The lowest BCUT2D eigenvalue weighted by molar-refractivity contribution is 0.257. The zero-order chi connectivity index (χ0) is 27.8. The van der Waals surface area contributed by atoms with E-state index in [0.717, 1.165) is 23.9 Å². The first-order valence-electron chi connectivity index (χ1n) is 11.6. The van der Waals surface area contributed by atoms with Crippen LogP contribution in [0.1, 0.15) is 13.3 Å². The van der Waals surface area contributed by atoms with E-state index in [1.807, 2.05) is 25.9 Å². The monoisotopic (exact) mass is 577 g/mol. The van der Waals surface area contributed by atoms with Gasteiger partial charge in [-0.1, -0.05) is 31.2 Å². The van der Waals surface area contributed by atoms with Crippen LogP contribution >= 0.6 is 22.9 Å². The number of benzene rings is 1. The van der Waals surface area contributed by atoms with Crippen LogP contribution < -0.4 is 31.4 Å². The molecule has 3 rings (SSSR count). The van der Waals surface area contributed by atoms with E-state index in [0.29, 0.717) is 37.6 Å². The van der Waals surface area contributed by atoms with Crippen LogP contribution in [0, 0.1) is 5.82 Å². The summed E-state index contributed by atoms with van der Waals surface area (Å²) in [5.41, 5.74) is 0.434. The number of amides is 2. The molecule has 0 saturated carbocycles. The van der Waals surface area contributed by atoms with Crippen molar-refractivity contribution in [3.05, 3.63) is 85.8 Å². The number of anilines is 1. The fourth-order valence-electron chi connectivity index (χ4n) is 3.44. The molecule has 0 aliphatic carbocycles. The maximum Gasteiger partial charge on any atom is 0.331 e. The summed E-state index contributed by atoms with van der Waals surface area (Å²) in [7, 11) is 2.14. The van der Waals surface area contributed by atoms with Crippen LogP contribution in [-0.4, -0.2) is 46.9 Å². The smallest absolute Gasteiger partial charge is 0.331 e. The Kier molecular flexibility index (Phi) is 10.4. The van der Waals surface area contributed by atoms with E-state index in [4.69, 9.17) is 11.6 Å². The highest BCUT2D eigenvalue weighted by molar-refractivity contribution is 7.86. The topological polar surface area (TPSA) is 95.5 Å². The van der Waals surface area contributed by atoms with Gasteiger partial charge in [0.05, 0.1) is 10.0 Å². The highest BCUT2D eigenvalue weighted by Gasteiger charge is 2.13. The Morgan fingerprint density at radius 1 is 1.26 bits per heavy atom. The molecule has 1 aromatic carbocycles. The van der Waals surface area contributed by atoms with E-state index < -0.39 is 22.8 Å². The van der Waals surface area contributed by atoms with Crippen molar-refractivity contribution in [2.75, 3.05) is 32.5 Å². The zero-order valence-electron chi connectivity index (χ0n) is 21.2. The summed E-state index contributed by atoms with van der Waals surface area (Å²) < 4.78 is 31.6. The van der Waals surface area contributed by atoms with Crippen molar-refractivity contribution >= 4 is 57.8 Å². The average Bonchev–Trinajstić information content (AvgIpc) is 3.28. The summed E-state index contributed by atoms with van der Waals surface area (Å²) in [6.45, 7) is 7.45. The number of aromatic nitrogens is 1. The molecule has 1 unspecified atom stereocenters. The van der Waals surface area contributed by atoms with Crippen LogP contribution in [0.25, 0.3) is 17.8 Å². The summed E-state index contributed by atoms with van der Waals surface area (Å²) in [6.07, 6.45) is 5.69. The van der Waals surface area contributed by atoms with Crippen molar-refractivity contribution in [1.82, 2.24) is 19.5 Å². The van der Waals surface area contributed by atoms with Crippen LogP contribution in [0.5, 0.6) is 0 Å². The third-order valence-electron chi connectivity index (χ3n) is 5.19. The maximum atomic E-state index is 15.1. The summed E-state index contributed by atoms with van der Waals surface area (Å²) in [4.78, 5) is 27.6. The second-order valence-corrected chi connectivity index (χ2v) is 11.6. The van der Waals surface area contributed by atoms with Gasteiger partial charge in [-0.25, -0.2) is 13.4 Å². The predicted octanol–water partition coefficient (Wildman–Crippen LogP) is 3.17. The number of rotatable bonds is 10. The second kappa shape index (κ2) is 13.5. The van der Waals surface area contributed by atoms with Crippen LogP contribution in [0.2, 0.25) is 4.34 Å². The van der Waals surface area contributed by atoms with Crippen LogP contribution in [0.3, 0.4) is 0 Å². The van der Waals surface area contributed by atoms with Gasteiger partial charge in [-0.2, -0.15) is 0 Å². The molecule has 38 heavy (non-hydrogen) atoms. The van der Waals surface area contributed by atoms with Crippen molar-refractivity contribution in [3.63, 3.8) is 0 Å². The Morgan fingerprint density at radius 2 is 2.03 bits per heavy atom. The van der Waals surface area contributed by atoms with Gasteiger partial charge in [-0.15, -0.1) is 11.3 Å². The van der Waals surface area contributed by atoms with Gasteiger partial charge in [0, 0.05) is 35.9 Å². The van der Waals surface area contributed by atoms with E-state index >= 15 is 4.39 Å². The number of nitrogens with zero attached hydrogens (tertiary/aromatic N) is 2. The number of nitrogens with one attached hydrogen (secondary N) is 3. The number of pyridine rings is 1. The molecule has 1 atom stereocenters. The molecule has 0 spiro atoms. The van der Waals surface area contributed by atoms with Crippen molar-refractivity contribution in [2.45, 2.75) is 17.6 Å². The zero-order valence-corrected chi connectivity index (χ0v) is 23.6. The molecular formula is C26H29ClFN5O3S2. The molecular weight excluding hydrogens is 549 g/mol. The minimum atomic E-state index is -1.81. The first-order valence-corrected chi connectivity index (χ1v) is 14.0. The molecule has 2 amide bonds. The third kappa shape index (κ3) is 7.87. The molecule has 12 heteroatoms. The minimum Gasteiger partial charge on any atom is -0.384 e. The van der Waals surface area contributed by atoms with Crippen molar-refractivity contribution < 1.29 is 13.4 Å². The molecule has 3 aromatic rings. The van der Waals surface area contributed by atoms with Crippen molar-refractivity contribution in [1.29, 1.82) is 0 Å². The molecule has 0 aliphatic rings. The van der Waals surface area contributed by atoms with Crippen molar-refractivity contribution in [3.8, 4) is 5.69 Å². The van der Waals surface area contributed by atoms with E-state index in [1.54, 1.807) is 30.4 Å². The van der Waals surface area contributed by atoms with Gasteiger partial charge in [0.25, 0.3) is 5.56 Å². The number of carbonyl (C=O) groups excluding carboxylic acids is 1. The van der Waals surface area contributed by atoms with Gasteiger partial charge >= 0.3 is 6.03 Å². The molecule has 2 aromatic heterocycles. The summed E-state index contributed by atoms with van der Waals surface area (Å²) in [6, 6.07) is 8.00. The van der Waals surface area contributed by atoms with E-state index in [9.17, 15) is 13.8 Å². The first-order chi connectivity index (χ1) is 18.1. The number of halogens is 2. The average molecular weight is 578 g/mol. The third-order valence-corrected chi connectivity index (χ3v) is 7.80. The lowest BCUT2D eigenvalue weighted by atomic mass is 10.2. The fourth-order valence-corrected chi connectivity index (χ4v) is 5.56. The Balaban J connectivity index is 1.82. The minimum absolute atomic E-state index is 0.0259. The van der Waals surface area contributed by atoms with Gasteiger partial charge in [-0.3, -0.25) is 14.1 Å². The van der Waals surface area contributed by atoms with Crippen LogP contribution in [0.4, 0.5) is 14.9 Å². The van der Waals surface area contributed by atoms with Gasteiger partial charge in [0.2, 0.25) is 0 Å². The second-order valence-electron chi connectivity index (χ2n) is 8.42. The molecule has 0 radical (unpaired) electrons. The number of thiophene rings is 1. The number of urea groups is 1. The number of hydrogen-bond donors (Lipinski definition) is 3. The Hall–Kier alpha value is -3.25. The summed E-state index contributed by atoms with van der Waals surface area (Å²) in [5.74, 6) is -0.718. The van der Waals surface area contributed by atoms with Gasteiger partial charge in [0.1, 0.15) is 10.0 Å². The molecule has 0 aliphatic heterocycles. The van der Waals surface area contributed by atoms with E-state index in [-0.39, 0.29) is 16.9 Å². The van der Waals surface area contributed by atoms with Crippen LogP contribution in [-0.2, 0) is 11.0 Å². The number of hydrogen-bond acceptors (Lipinski definition) is 6. The molecule has 0 saturated heterocycles. The standard InChI is InChI=1S/C26H29ClFN5O3S2/c1-5-6-20-18(15-17(2)29-12-14-32(3)4)11-13-33(25(20)34)22-8-7-19(16-21(22)28)30-26(35)31-38(36)24-10-9-23(27)37-24/h6-11,13,15-16,29H,2,5,12,14H2,1,3-4H3,(H2,30,31,35)/b18-15-,20-6+. The molecule has 202 valence electrons. The van der Waals surface area contributed by atoms with Gasteiger partial charge in [0.15, 0.2) is 11.0 Å². The molecule has 0 fully saturated rings. The molecule has 0 bridgehead atoms. The normalized spacial score (nSPS) is 13.0. The Labute approximate surface area is 231 Å². The predicted molar refractivity (Wildman–Crippen MR) is 154 cm³/mol. The lowest BCUT2D eigenvalue weighted by Gasteiger charge is -2.12. The fraction of sp³-hybridized carbons (Fsp3) is 0.231. The maximum absolute atomic E-state index is 15.1. The van der Waals surface area contributed by atoms with Gasteiger partial charge in [-0.05, 0) is 68.2 Å². The first kappa shape index (κ1) is 29.3. The summed E-state index contributed by atoms with van der Waals surface area (Å²) >= 11 is 6.90. The summed E-state index contributed by atoms with van der Waals surface area (Å²) in [5, 5.41) is 6.76. The Morgan fingerprint density at radius 3 is 2.66 bits per heavy atom. The molecule has 2 heterocycles. The highest BCUT2D eigenvalue weighted by Crippen LogP contribution is 2.23.